The Balaban J connectivity index is 2.55. The molecule has 0 aromatic rings. The van der Waals surface area contributed by atoms with Gasteiger partial charge in [0.1, 0.15) is 0 Å². The van der Waals surface area contributed by atoms with Crippen molar-refractivity contribution in [1.82, 2.24) is 4.90 Å². The van der Waals surface area contributed by atoms with Crippen LogP contribution >= 0.6 is 0 Å². The Morgan fingerprint density at radius 2 is 2.17 bits per heavy atom. The Hall–Kier alpha value is -1.08. The zero-order valence-corrected chi connectivity index (χ0v) is 11.7. The van der Waals surface area contributed by atoms with E-state index in [0.29, 0.717) is 25.3 Å². The molecule has 1 amide bonds. The van der Waals surface area contributed by atoms with Crippen molar-refractivity contribution in [3.05, 3.63) is 0 Å². The zero-order chi connectivity index (χ0) is 13.6. The average Bonchev–Trinajstić information content (AvgIpc) is 2.28. The molecule has 0 heterocycles. The number of hydrogen-bond acceptors (Lipinski definition) is 3. The van der Waals surface area contributed by atoms with Gasteiger partial charge in [-0.15, -0.1) is 0 Å². The Bertz CT molecular complexity index is 311. The molecule has 18 heavy (non-hydrogen) atoms. The van der Waals surface area contributed by atoms with Crippen LogP contribution < -0.4 is 0 Å². The highest BCUT2D eigenvalue weighted by molar-refractivity contribution is 5.77. The molecule has 1 aliphatic carbocycles. The van der Waals surface area contributed by atoms with Gasteiger partial charge in [-0.05, 0) is 25.2 Å². The molecule has 1 aliphatic rings. The topological polar surface area (TPSA) is 53.3 Å². The fourth-order valence-corrected chi connectivity index (χ4v) is 2.36. The van der Waals surface area contributed by atoms with E-state index in [-0.39, 0.29) is 11.5 Å². The first-order valence-corrected chi connectivity index (χ1v) is 6.73. The van der Waals surface area contributed by atoms with Crippen molar-refractivity contribution < 1.29 is 9.53 Å². The third kappa shape index (κ3) is 3.99. The molecule has 1 fully saturated rings. The second-order valence-electron chi connectivity index (χ2n) is 5.56. The molecule has 102 valence electrons. The average molecular weight is 252 g/mol. The van der Waals surface area contributed by atoms with Crippen LogP contribution in [0.3, 0.4) is 0 Å². The van der Waals surface area contributed by atoms with Crippen LogP contribution in [-0.4, -0.2) is 36.6 Å². The van der Waals surface area contributed by atoms with Gasteiger partial charge in [0.15, 0.2) is 0 Å². The van der Waals surface area contributed by atoms with Crippen molar-refractivity contribution in [2.45, 2.75) is 51.6 Å². The number of carbonyl (C=O) groups excluding carboxylic acids is 1. The number of nitrogens with zero attached hydrogens (tertiary/aromatic N) is 2. The van der Waals surface area contributed by atoms with E-state index in [2.05, 4.69) is 19.9 Å². The van der Waals surface area contributed by atoms with Crippen LogP contribution in [0.15, 0.2) is 0 Å². The van der Waals surface area contributed by atoms with E-state index >= 15 is 0 Å². The van der Waals surface area contributed by atoms with Gasteiger partial charge in [-0.25, -0.2) is 0 Å². The fourth-order valence-electron chi connectivity index (χ4n) is 2.36. The van der Waals surface area contributed by atoms with Crippen molar-refractivity contribution in [3.8, 4) is 6.07 Å². The number of methoxy groups -OCH3 is 1. The van der Waals surface area contributed by atoms with Crippen LogP contribution in [-0.2, 0) is 9.53 Å². The van der Waals surface area contributed by atoms with Gasteiger partial charge in [0.2, 0.25) is 5.91 Å². The largest absolute Gasteiger partial charge is 0.378 e. The fraction of sp³-hybridized carbons (Fsp3) is 0.857. The lowest BCUT2D eigenvalue weighted by Crippen LogP contribution is -2.46. The third-order valence-corrected chi connectivity index (χ3v) is 3.60. The van der Waals surface area contributed by atoms with Crippen LogP contribution in [0.2, 0.25) is 0 Å². The molecule has 0 aromatic carbocycles. The zero-order valence-electron chi connectivity index (χ0n) is 11.7. The monoisotopic (exact) mass is 252 g/mol. The molecule has 0 N–H and O–H groups in total. The maximum Gasteiger partial charge on any atom is 0.225 e. The second-order valence-corrected chi connectivity index (χ2v) is 5.56. The molecular weight excluding hydrogens is 228 g/mol. The Morgan fingerprint density at radius 1 is 1.50 bits per heavy atom. The summed E-state index contributed by atoms with van der Waals surface area (Å²) in [6.45, 7) is 5.43. The molecule has 0 bridgehead atoms. The van der Waals surface area contributed by atoms with Gasteiger partial charge in [-0.3, -0.25) is 4.79 Å². The third-order valence-electron chi connectivity index (χ3n) is 3.60. The summed E-state index contributed by atoms with van der Waals surface area (Å²) in [4.78, 5) is 14.1. The lowest BCUT2D eigenvalue weighted by molar-refractivity contribution is -0.144. The van der Waals surface area contributed by atoms with E-state index in [1.807, 2.05) is 4.90 Å². The highest BCUT2D eigenvalue weighted by atomic mass is 16.5. The van der Waals surface area contributed by atoms with Gasteiger partial charge < -0.3 is 9.64 Å². The van der Waals surface area contributed by atoms with Crippen molar-refractivity contribution >= 4 is 5.91 Å². The van der Waals surface area contributed by atoms with E-state index in [4.69, 9.17) is 10.00 Å². The lowest BCUT2D eigenvalue weighted by Gasteiger charge is -2.41. The number of nitriles is 1. The molecule has 0 atom stereocenters. The molecular formula is C14H24N2O2. The second kappa shape index (κ2) is 6.75. The summed E-state index contributed by atoms with van der Waals surface area (Å²) in [7, 11) is 1.69. The molecule has 1 rings (SSSR count). The molecule has 0 unspecified atom stereocenters. The molecule has 0 aliphatic heterocycles. The van der Waals surface area contributed by atoms with Crippen LogP contribution in [0, 0.1) is 17.2 Å². The van der Waals surface area contributed by atoms with E-state index in [9.17, 15) is 4.79 Å². The van der Waals surface area contributed by atoms with Crippen molar-refractivity contribution in [2.24, 2.45) is 5.92 Å². The first-order valence-electron chi connectivity index (χ1n) is 6.73. The van der Waals surface area contributed by atoms with Gasteiger partial charge in [0.25, 0.3) is 0 Å². The Kier molecular flexibility index (Phi) is 5.61. The normalized spacial score (nSPS) is 17.1. The number of hydrogen-bond donors (Lipinski definition) is 0. The molecule has 4 nitrogen and oxygen atoms in total. The van der Waals surface area contributed by atoms with E-state index in [1.165, 1.54) is 0 Å². The molecule has 0 aromatic heterocycles. The summed E-state index contributed by atoms with van der Waals surface area (Å²) in [5, 5.41) is 8.65. The summed E-state index contributed by atoms with van der Waals surface area (Å²) in [6.07, 6.45) is 3.95. The standard InChI is InChI=1S/C14H24N2O2/c1-12(2)11-16(9-5-8-15)13(17)10-14(18-3)6-4-7-14/h12H,4-7,9-11H2,1-3H3. The number of ether oxygens (including phenoxy) is 1. The molecule has 0 radical (unpaired) electrons. The summed E-state index contributed by atoms with van der Waals surface area (Å²) in [5.74, 6) is 0.549. The SMILES string of the molecule is COC1(CC(=O)N(CCC#N)CC(C)C)CCC1. The number of amides is 1. The van der Waals surface area contributed by atoms with Gasteiger partial charge in [-0.2, -0.15) is 5.26 Å². The van der Waals surface area contributed by atoms with E-state index < -0.39 is 0 Å². The summed E-state index contributed by atoms with van der Waals surface area (Å²) in [6, 6.07) is 2.11. The van der Waals surface area contributed by atoms with Gasteiger partial charge in [-0.1, -0.05) is 13.8 Å². The van der Waals surface area contributed by atoms with Crippen molar-refractivity contribution in [2.75, 3.05) is 20.2 Å². The maximum absolute atomic E-state index is 12.3. The maximum atomic E-state index is 12.3. The van der Waals surface area contributed by atoms with Crippen molar-refractivity contribution in [1.29, 1.82) is 5.26 Å². The van der Waals surface area contributed by atoms with Gasteiger partial charge in [0, 0.05) is 20.2 Å². The smallest absolute Gasteiger partial charge is 0.225 e. The number of rotatable bonds is 7. The summed E-state index contributed by atoms with van der Waals surface area (Å²) < 4.78 is 5.49. The van der Waals surface area contributed by atoms with Crippen molar-refractivity contribution in [3.63, 3.8) is 0 Å². The minimum Gasteiger partial charge on any atom is -0.378 e. The lowest BCUT2D eigenvalue weighted by atomic mass is 9.77. The van der Waals surface area contributed by atoms with Crippen LogP contribution in [0.5, 0.6) is 0 Å². The van der Waals surface area contributed by atoms with E-state index in [0.717, 1.165) is 25.8 Å². The Morgan fingerprint density at radius 3 is 2.56 bits per heavy atom. The van der Waals surface area contributed by atoms with Crippen LogP contribution in [0.4, 0.5) is 0 Å². The minimum atomic E-state index is -0.223. The van der Waals surface area contributed by atoms with Crippen LogP contribution in [0.1, 0.15) is 46.0 Å². The Labute approximate surface area is 110 Å². The number of carbonyl (C=O) groups is 1. The molecule has 0 spiro atoms. The highest BCUT2D eigenvalue weighted by Gasteiger charge is 2.40. The summed E-state index contributed by atoms with van der Waals surface area (Å²) in [5.41, 5.74) is -0.223. The molecule has 0 saturated heterocycles. The molecule has 4 heteroatoms. The summed E-state index contributed by atoms with van der Waals surface area (Å²) >= 11 is 0. The molecule has 1 saturated carbocycles. The van der Waals surface area contributed by atoms with Crippen LogP contribution in [0.25, 0.3) is 0 Å². The first kappa shape index (κ1) is 15.0. The quantitative estimate of drug-likeness (QED) is 0.699. The first-order chi connectivity index (χ1) is 8.53. The van der Waals surface area contributed by atoms with Gasteiger partial charge in [0.05, 0.1) is 24.5 Å². The predicted molar refractivity (Wildman–Crippen MR) is 69.9 cm³/mol. The highest BCUT2D eigenvalue weighted by Crippen LogP contribution is 2.38. The van der Waals surface area contributed by atoms with Gasteiger partial charge >= 0.3 is 0 Å². The predicted octanol–water partition coefficient (Wildman–Crippen LogP) is 2.34. The van der Waals surface area contributed by atoms with E-state index in [1.54, 1.807) is 7.11 Å². The minimum absolute atomic E-state index is 0.125.